The van der Waals surface area contributed by atoms with Crippen LogP contribution in [0.5, 0.6) is 11.5 Å². The third kappa shape index (κ3) is 5.12. The number of aryl methyl sites for hydroxylation is 1. The Bertz CT molecular complexity index is 1890. The Morgan fingerprint density at radius 1 is 0.976 bits per heavy atom. The van der Waals surface area contributed by atoms with Crippen molar-refractivity contribution in [3.05, 3.63) is 89.5 Å². The Kier molecular flexibility index (Phi) is 7.10. The number of hydrogen-bond donors (Lipinski definition) is 1. The maximum Gasteiger partial charge on any atom is 0.274 e. The van der Waals surface area contributed by atoms with Crippen LogP contribution in [0.3, 0.4) is 0 Å². The number of fused-ring (bicyclic) bond motifs is 1. The number of anilines is 1. The molecule has 41 heavy (non-hydrogen) atoms. The molecule has 1 aliphatic heterocycles. The van der Waals surface area contributed by atoms with Crippen molar-refractivity contribution < 1.29 is 17.9 Å². The Hall–Kier alpha value is -4.41. The van der Waals surface area contributed by atoms with E-state index in [1.165, 1.54) is 4.57 Å². The summed E-state index contributed by atoms with van der Waals surface area (Å²) in [6.45, 7) is 4.29. The van der Waals surface area contributed by atoms with Gasteiger partial charge in [-0.25, -0.2) is 13.4 Å². The van der Waals surface area contributed by atoms with Gasteiger partial charge in [-0.2, -0.15) is 0 Å². The zero-order valence-electron chi connectivity index (χ0n) is 22.8. The molecule has 0 bridgehead atoms. The van der Waals surface area contributed by atoms with Crippen LogP contribution in [0.4, 0.5) is 5.82 Å². The first-order chi connectivity index (χ1) is 19.9. The van der Waals surface area contributed by atoms with Gasteiger partial charge in [-0.05, 0) is 48.5 Å². The molecule has 4 heterocycles. The van der Waals surface area contributed by atoms with Crippen molar-refractivity contribution in [2.75, 3.05) is 37.0 Å². The largest absolute Gasteiger partial charge is 0.457 e. The van der Waals surface area contributed by atoms with E-state index in [4.69, 9.17) is 9.47 Å². The van der Waals surface area contributed by atoms with E-state index >= 15 is 0 Å². The van der Waals surface area contributed by atoms with E-state index in [1.807, 2.05) is 48.5 Å². The molecule has 6 rings (SSSR count). The first-order valence-corrected chi connectivity index (χ1v) is 15.1. The minimum Gasteiger partial charge on any atom is -0.457 e. The molecule has 0 amide bonds. The minimum absolute atomic E-state index is 0.0341. The monoisotopic (exact) mass is 570 g/mol. The number of nitrogens with zero attached hydrogens (tertiary/aromatic N) is 3. The van der Waals surface area contributed by atoms with Crippen LogP contribution in [0.2, 0.25) is 0 Å². The van der Waals surface area contributed by atoms with Crippen molar-refractivity contribution in [2.24, 2.45) is 7.05 Å². The summed E-state index contributed by atoms with van der Waals surface area (Å²) in [4.78, 5) is 23.7. The summed E-state index contributed by atoms with van der Waals surface area (Å²) in [5, 5.41) is 0.656. The lowest BCUT2D eigenvalue weighted by Gasteiger charge is -2.29. The fraction of sp³-hybridized carbons (Fsp3) is 0.226. The molecule has 0 atom stereocenters. The summed E-state index contributed by atoms with van der Waals surface area (Å²) in [6.07, 6.45) is 3.48. The maximum atomic E-state index is 13.4. The molecule has 1 fully saturated rings. The average molecular weight is 571 g/mol. The molecule has 0 radical (unpaired) electrons. The maximum absolute atomic E-state index is 13.4. The number of pyridine rings is 2. The molecule has 9 nitrogen and oxygen atoms in total. The number of rotatable bonds is 7. The van der Waals surface area contributed by atoms with E-state index < -0.39 is 9.84 Å². The SMILES string of the molecule is CCS(=O)(=O)c1ccc(Oc2ccccc2)c(-c2cn(C)c(=O)c3[nH]c(-c4cccnc4N4CCOCC4)cc23)c1. The number of para-hydroxylation sites is 1. The number of aromatic amines is 1. The van der Waals surface area contributed by atoms with Crippen molar-refractivity contribution in [1.82, 2.24) is 14.5 Å². The van der Waals surface area contributed by atoms with Gasteiger partial charge in [0.05, 0.1) is 29.6 Å². The smallest absolute Gasteiger partial charge is 0.274 e. The number of aromatic nitrogens is 3. The number of benzene rings is 2. The highest BCUT2D eigenvalue weighted by Crippen LogP contribution is 2.40. The van der Waals surface area contributed by atoms with Crippen LogP contribution < -0.4 is 15.2 Å². The van der Waals surface area contributed by atoms with Gasteiger partial charge < -0.3 is 23.9 Å². The van der Waals surface area contributed by atoms with Crippen LogP contribution in [0.15, 0.2) is 88.8 Å². The van der Waals surface area contributed by atoms with Gasteiger partial charge >= 0.3 is 0 Å². The Morgan fingerprint density at radius 2 is 1.76 bits per heavy atom. The summed E-state index contributed by atoms with van der Waals surface area (Å²) in [5.74, 6) is 1.86. The zero-order chi connectivity index (χ0) is 28.6. The Morgan fingerprint density at radius 3 is 2.51 bits per heavy atom. The summed E-state index contributed by atoms with van der Waals surface area (Å²) >= 11 is 0. The fourth-order valence-corrected chi connectivity index (χ4v) is 6.02. The highest BCUT2D eigenvalue weighted by atomic mass is 32.2. The van der Waals surface area contributed by atoms with Crippen molar-refractivity contribution in [1.29, 1.82) is 0 Å². The molecule has 0 saturated carbocycles. The third-order valence-corrected chi connectivity index (χ3v) is 9.04. The molecule has 0 aliphatic carbocycles. The third-order valence-electron chi connectivity index (χ3n) is 7.30. The van der Waals surface area contributed by atoms with Crippen molar-refractivity contribution in [3.63, 3.8) is 0 Å². The molecule has 3 aromatic heterocycles. The fourth-order valence-electron chi connectivity index (χ4n) is 5.11. The molecule has 1 saturated heterocycles. The number of H-pyrrole nitrogens is 1. The van der Waals surface area contributed by atoms with Gasteiger partial charge in [-0.15, -0.1) is 0 Å². The molecular formula is C31H30N4O5S. The number of hydrogen-bond acceptors (Lipinski definition) is 7. The van der Waals surface area contributed by atoms with Crippen molar-refractivity contribution in [2.45, 2.75) is 11.8 Å². The first-order valence-electron chi connectivity index (χ1n) is 13.5. The molecule has 210 valence electrons. The number of sulfone groups is 1. The quantitative estimate of drug-likeness (QED) is 0.293. The van der Waals surface area contributed by atoms with Gasteiger partial charge in [0.25, 0.3) is 5.56 Å². The van der Waals surface area contributed by atoms with E-state index in [-0.39, 0.29) is 16.2 Å². The van der Waals surface area contributed by atoms with E-state index in [1.54, 1.807) is 44.6 Å². The number of nitrogens with one attached hydrogen (secondary N) is 1. The summed E-state index contributed by atoms with van der Waals surface area (Å²) in [6, 6.07) is 19.9. The number of morpholine rings is 1. The molecule has 1 aliphatic rings. The second kappa shape index (κ2) is 10.9. The van der Waals surface area contributed by atoms with E-state index in [2.05, 4.69) is 14.9 Å². The zero-order valence-corrected chi connectivity index (χ0v) is 23.6. The summed E-state index contributed by atoms with van der Waals surface area (Å²) in [5.41, 5.74) is 3.04. The highest BCUT2D eigenvalue weighted by Gasteiger charge is 2.22. The predicted molar refractivity (Wildman–Crippen MR) is 159 cm³/mol. The Labute approximate surface area is 237 Å². The highest BCUT2D eigenvalue weighted by molar-refractivity contribution is 7.91. The molecule has 0 spiro atoms. The molecule has 5 aromatic rings. The second-order valence-electron chi connectivity index (χ2n) is 9.88. The number of ether oxygens (including phenoxy) is 2. The first kappa shape index (κ1) is 26.8. The Balaban J connectivity index is 1.57. The molecule has 10 heteroatoms. The second-order valence-corrected chi connectivity index (χ2v) is 12.2. The van der Waals surface area contributed by atoms with E-state index in [0.717, 1.165) is 30.2 Å². The minimum atomic E-state index is -3.50. The molecule has 1 N–H and O–H groups in total. The van der Waals surface area contributed by atoms with Crippen LogP contribution in [0.1, 0.15) is 6.92 Å². The summed E-state index contributed by atoms with van der Waals surface area (Å²) in [7, 11) is -1.82. The van der Waals surface area contributed by atoms with Crippen molar-refractivity contribution >= 4 is 26.6 Å². The molecule has 0 unspecified atom stereocenters. The lowest BCUT2D eigenvalue weighted by atomic mass is 10.0. The van der Waals surface area contributed by atoms with Crippen LogP contribution in [0, 0.1) is 0 Å². The average Bonchev–Trinajstić information content (AvgIpc) is 3.46. The van der Waals surface area contributed by atoms with Gasteiger partial charge in [-0.1, -0.05) is 25.1 Å². The van der Waals surface area contributed by atoms with E-state index in [0.29, 0.717) is 46.7 Å². The predicted octanol–water partition coefficient (Wildman–Crippen LogP) is 5.02. The molecular weight excluding hydrogens is 540 g/mol. The standard InChI is InChI=1S/C31H30N4O5S/c1-3-41(37,38)22-11-12-28(40-21-8-5-4-6-9-21)24(18-22)26-20-34(2)31(36)29-25(26)19-27(33-29)23-10-7-13-32-30(23)35-14-16-39-17-15-35/h4-13,18-20,33H,3,14-17H2,1-2H3. The van der Waals surface area contributed by atoms with Gasteiger partial charge in [0.15, 0.2) is 9.84 Å². The van der Waals surface area contributed by atoms with Gasteiger partial charge in [0.2, 0.25) is 0 Å². The van der Waals surface area contributed by atoms with Crippen LogP contribution >= 0.6 is 0 Å². The van der Waals surface area contributed by atoms with Gasteiger partial charge in [0.1, 0.15) is 22.8 Å². The van der Waals surface area contributed by atoms with E-state index in [9.17, 15) is 13.2 Å². The topological polar surface area (TPSA) is 107 Å². The van der Waals surface area contributed by atoms with Crippen molar-refractivity contribution in [3.8, 4) is 33.9 Å². The van der Waals surface area contributed by atoms with Gasteiger partial charge in [0, 0.05) is 54.6 Å². The lowest BCUT2D eigenvalue weighted by Crippen LogP contribution is -2.37. The van der Waals surface area contributed by atoms with Gasteiger partial charge in [-0.3, -0.25) is 4.79 Å². The van der Waals surface area contributed by atoms with Crippen LogP contribution in [0.25, 0.3) is 33.3 Å². The molecule has 2 aromatic carbocycles. The van der Waals surface area contributed by atoms with Crippen LogP contribution in [-0.4, -0.2) is 55.0 Å². The normalized spacial score (nSPS) is 14.0. The van der Waals surface area contributed by atoms with Crippen LogP contribution in [-0.2, 0) is 21.6 Å². The lowest BCUT2D eigenvalue weighted by molar-refractivity contribution is 0.122. The summed E-state index contributed by atoms with van der Waals surface area (Å²) < 4.78 is 39.1.